The first kappa shape index (κ1) is 20.0. The van der Waals surface area contributed by atoms with Gasteiger partial charge in [-0.1, -0.05) is 0 Å². The maximum Gasteiger partial charge on any atom is 0.252 e. The lowest BCUT2D eigenvalue weighted by Crippen LogP contribution is -2.49. The van der Waals surface area contributed by atoms with Crippen molar-refractivity contribution in [1.29, 1.82) is 0 Å². The molecule has 152 valence electrons. The van der Waals surface area contributed by atoms with Crippen LogP contribution in [0.1, 0.15) is 0 Å². The number of hydrogen-bond acceptors (Lipinski definition) is 8. The monoisotopic (exact) mass is 486 g/mol. The van der Waals surface area contributed by atoms with Gasteiger partial charge in [-0.25, -0.2) is 8.42 Å². The van der Waals surface area contributed by atoms with Crippen LogP contribution in [0, 0.1) is 0 Å². The van der Waals surface area contributed by atoms with Gasteiger partial charge in [-0.2, -0.15) is 4.31 Å². The van der Waals surface area contributed by atoms with E-state index in [0.29, 0.717) is 30.4 Å². The molecule has 0 N–H and O–H groups in total. The van der Waals surface area contributed by atoms with Crippen LogP contribution in [0.4, 0.5) is 11.6 Å². The predicted octanol–water partition coefficient (Wildman–Crippen LogP) is 1.56. The summed E-state index contributed by atoms with van der Waals surface area (Å²) in [6, 6.07) is 7.42. The number of halogens is 1. The Bertz CT molecular complexity index is 904. The molecule has 0 unspecified atom stereocenters. The lowest BCUT2D eigenvalue weighted by molar-refractivity contribution is 0.312. The highest BCUT2D eigenvalue weighted by Crippen LogP contribution is 2.29. The molecule has 0 amide bonds. The fraction of sp³-hybridized carbons (Fsp3) is 0.529. The molecule has 4 rings (SSSR count). The third kappa shape index (κ3) is 4.18. The van der Waals surface area contributed by atoms with Crippen LogP contribution in [0.25, 0.3) is 0 Å². The van der Waals surface area contributed by atoms with Crippen molar-refractivity contribution in [2.75, 3.05) is 69.2 Å². The van der Waals surface area contributed by atoms with E-state index in [1.165, 1.54) is 11.3 Å². The van der Waals surface area contributed by atoms with Crippen LogP contribution in [0.2, 0.25) is 0 Å². The molecule has 0 atom stereocenters. The Balaban J connectivity index is 1.37. The van der Waals surface area contributed by atoms with E-state index in [9.17, 15) is 8.42 Å². The molecule has 0 aromatic carbocycles. The lowest BCUT2D eigenvalue weighted by atomic mass is 10.3. The molecule has 0 saturated carbocycles. The first-order valence-corrected chi connectivity index (χ1v) is 12.3. The van der Waals surface area contributed by atoms with E-state index in [-0.39, 0.29) is 0 Å². The van der Waals surface area contributed by atoms with Crippen LogP contribution in [0.3, 0.4) is 0 Å². The van der Waals surface area contributed by atoms with E-state index in [1.807, 2.05) is 12.1 Å². The van der Waals surface area contributed by atoms with Gasteiger partial charge in [0.25, 0.3) is 10.0 Å². The van der Waals surface area contributed by atoms with E-state index in [1.54, 1.807) is 16.4 Å². The molecule has 0 spiro atoms. The molecule has 28 heavy (non-hydrogen) atoms. The standard InChI is InChI=1S/C17H23BrN6O2S2/c1-21-6-8-22(9-7-21)15-3-4-16(20-19-15)23-10-12-24(13-11-23)28(25,26)17-5-2-14(18)27-17/h2-5H,6-13H2,1H3. The quantitative estimate of drug-likeness (QED) is 0.648. The molecule has 2 aliphatic heterocycles. The third-order valence-electron chi connectivity index (χ3n) is 5.17. The van der Waals surface area contributed by atoms with Crippen molar-refractivity contribution in [3.8, 4) is 0 Å². The molecular weight excluding hydrogens is 464 g/mol. The van der Waals surface area contributed by atoms with Crippen molar-refractivity contribution in [3.63, 3.8) is 0 Å². The van der Waals surface area contributed by atoms with Crippen LogP contribution in [0.5, 0.6) is 0 Å². The van der Waals surface area contributed by atoms with Crippen molar-refractivity contribution in [1.82, 2.24) is 19.4 Å². The average molecular weight is 487 g/mol. The minimum atomic E-state index is -3.42. The maximum atomic E-state index is 12.7. The van der Waals surface area contributed by atoms with Gasteiger partial charge in [0.05, 0.1) is 3.79 Å². The summed E-state index contributed by atoms with van der Waals surface area (Å²) in [6.07, 6.45) is 0. The van der Waals surface area contributed by atoms with Gasteiger partial charge in [-0.05, 0) is 47.2 Å². The number of aromatic nitrogens is 2. The van der Waals surface area contributed by atoms with Gasteiger partial charge < -0.3 is 14.7 Å². The number of nitrogens with zero attached hydrogens (tertiary/aromatic N) is 6. The summed E-state index contributed by atoms with van der Waals surface area (Å²) < 4.78 is 28.2. The molecule has 0 aliphatic carbocycles. The topological polar surface area (TPSA) is 72.9 Å². The minimum absolute atomic E-state index is 0.379. The molecule has 11 heteroatoms. The SMILES string of the molecule is CN1CCN(c2ccc(N3CCN(S(=O)(=O)c4ccc(Br)s4)CC3)nn2)CC1. The van der Waals surface area contributed by atoms with Gasteiger partial charge >= 0.3 is 0 Å². The Morgan fingerprint density at radius 1 is 0.857 bits per heavy atom. The second-order valence-corrected chi connectivity index (χ2v) is 11.6. The first-order chi connectivity index (χ1) is 13.4. The summed E-state index contributed by atoms with van der Waals surface area (Å²) in [5.74, 6) is 1.70. The molecular formula is C17H23BrN6O2S2. The number of anilines is 2. The molecule has 2 saturated heterocycles. The smallest absolute Gasteiger partial charge is 0.252 e. The summed E-state index contributed by atoms with van der Waals surface area (Å²) >= 11 is 4.58. The highest BCUT2D eigenvalue weighted by Gasteiger charge is 2.30. The fourth-order valence-electron chi connectivity index (χ4n) is 3.41. The fourth-order valence-corrected chi connectivity index (χ4v) is 7.00. The molecule has 4 heterocycles. The molecule has 0 bridgehead atoms. The zero-order chi connectivity index (χ0) is 19.7. The van der Waals surface area contributed by atoms with Crippen molar-refractivity contribution in [2.24, 2.45) is 0 Å². The van der Waals surface area contributed by atoms with E-state index >= 15 is 0 Å². The van der Waals surface area contributed by atoms with Crippen LogP contribution in [-0.4, -0.2) is 87.2 Å². The second kappa shape index (κ2) is 8.23. The zero-order valence-corrected chi connectivity index (χ0v) is 18.9. The van der Waals surface area contributed by atoms with Gasteiger partial charge in [-0.15, -0.1) is 21.5 Å². The number of piperazine rings is 2. The number of rotatable bonds is 4. The van der Waals surface area contributed by atoms with Crippen molar-refractivity contribution < 1.29 is 8.42 Å². The Morgan fingerprint density at radius 3 is 1.86 bits per heavy atom. The molecule has 0 radical (unpaired) electrons. The molecule has 2 aromatic heterocycles. The maximum absolute atomic E-state index is 12.7. The van der Waals surface area contributed by atoms with Crippen LogP contribution < -0.4 is 9.80 Å². The van der Waals surface area contributed by atoms with Crippen LogP contribution >= 0.6 is 27.3 Å². The largest absolute Gasteiger partial charge is 0.353 e. The summed E-state index contributed by atoms with van der Waals surface area (Å²) in [7, 11) is -1.30. The van der Waals surface area contributed by atoms with Crippen LogP contribution in [0.15, 0.2) is 32.3 Å². The number of thiophene rings is 1. The molecule has 2 aliphatic rings. The van der Waals surface area contributed by atoms with Gasteiger partial charge in [-0.3, -0.25) is 0 Å². The third-order valence-corrected chi connectivity index (χ3v) is 9.16. The minimum Gasteiger partial charge on any atom is -0.353 e. The second-order valence-electron chi connectivity index (χ2n) is 6.99. The van der Waals surface area contributed by atoms with Gasteiger partial charge in [0.2, 0.25) is 0 Å². The Kier molecular flexibility index (Phi) is 5.88. The van der Waals surface area contributed by atoms with Crippen LogP contribution in [-0.2, 0) is 10.0 Å². The number of sulfonamides is 1. The highest BCUT2D eigenvalue weighted by atomic mass is 79.9. The van der Waals surface area contributed by atoms with Gasteiger partial charge in [0.1, 0.15) is 4.21 Å². The van der Waals surface area contributed by atoms with Crippen molar-refractivity contribution >= 4 is 48.9 Å². The van der Waals surface area contributed by atoms with Crippen molar-refractivity contribution in [3.05, 3.63) is 28.1 Å². The molecule has 2 aromatic rings. The average Bonchev–Trinajstić information content (AvgIpc) is 3.16. The molecule has 2 fully saturated rings. The normalized spacial score (nSPS) is 19.9. The number of likely N-dealkylation sites (N-methyl/N-ethyl adjacent to an activating group) is 1. The van der Waals surface area contributed by atoms with E-state index in [4.69, 9.17) is 0 Å². The first-order valence-electron chi connectivity index (χ1n) is 9.21. The van der Waals surface area contributed by atoms with Gasteiger partial charge in [0, 0.05) is 52.4 Å². The Labute approximate surface area is 177 Å². The number of hydrogen-bond donors (Lipinski definition) is 0. The summed E-state index contributed by atoms with van der Waals surface area (Å²) in [4.78, 5) is 6.65. The predicted molar refractivity (Wildman–Crippen MR) is 115 cm³/mol. The van der Waals surface area contributed by atoms with Gasteiger partial charge in [0.15, 0.2) is 11.6 Å². The van der Waals surface area contributed by atoms with Crippen molar-refractivity contribution in [2.45, 2.75) is 4.21 Å². The van der Waals surface area contributed by atoms with E-state index in [2.05, 4.69) is 47.9 Å². The summed E-state index contributed by atoms with van der Waals surface area (Å²) in [5, 5.41) is 8.79. The Morgan fingerprint density at radius 2 is 1.39 bits per heavy atom. The lowest BCUT2D eigenvalue weighted by Gasteiger charge is -2.35. The molecule has 8 nitrogen and oxygen atoms in total. The van der Waals surface area contributed by atoms with E-state index < -0.39 is 10.0 Å². The summed E-state index contributed by atoms with van der Waals surface area (Å²) in [6.45, 7) is 6.07. The summed E-state index contributed by atoms with van der Waals surface area (Å²) in [5.41, 5.74) is 0. The Hall–Kier alpha value is -1.27. The van der Waals surface area contributed by atoms with E-state index in [0.717, 1.165) is 41.6 Å². The zero-order valence-electron chi connectivity index (χ0n) is 15.7. The highest BCUT2D eigenvalue weighted by molar-refractivity contribution is 9.11.